The van der Waals surface area contributed by atoms with E-state index in [0.29, 0.717) is 5.41 Å². The molecular weight excluding hydrogens is 308 g/mol. The van der Waals surface area contributed by atoms with E-state index in [1.165, 1.54) is 51.4 Å². The third kappa shape index (κ3) is 2.61. The fourth-order valence-electron chi connectivity index (χ4n) is 7.59. The summed E-state index contributed by atoms with van der Waals surface area (Å²) in [5, 5.41) is 0. The Kier molecular flexibility index (Phi) is 4.32. The van der Waals surface area contributed by atoms with Crippen LogP contribution < -0.4 is 0 Å². The second-order valence-corrected chi connectivity index (χ2v) is 10.0. The van der Waals surface area contributed by atoms with Crippen molar-refractivity contribution in [2.45, 2.75) is 91.6 Å². The first-order valence-corrected chi connectivity index (χ1v) is 10.7. The van der Waals surface area contributed by atoms with Crippen molar-refractivity contribution in [3.05, 3.63) is 11.6 Å². The fraction of sp³-hybridized carbons (Fsp3) is 0.870. The molecule has 0 aromatic rings. The highest BCUT2D eigenvalue weighted by atomic mass is 16.5. The van der Waals surface area contributed by atoms with Crippen LogP contribution in [0.3, 0.4) is 0 Å². The van der Waals surface area contributed by atoms with Crippen LogP contribution in [0, 0.1) is 34.5 Å². The van der Waals surface area contributed by atoms with Crippen molar-refractivity contribution in [1.29, 1.82) is 0 Å². The third-order valence-corrected chi connectivity index (χ3v) is 9.08. The van der Waals surface area contributed by atoms with Gasteiger partial charge in [0.05, 0.1) is 0 Å². The molecule has 0 aliphatic heterocycles. The second kappa shape index (κ2) is 6.13. The molecule has 4 aliphatic carbocycles. The van der Waals surface area contributed by atoms with Crippen molar-refractivity contribution in [2.24, 2.45) is 34.5 Å². The first-order valence-electron chi connectivity index (χ1n) is 10.7. The van der Waals surface area contributed by atoms with E-state index in [2.05, 4.69) is 26.8 Å². The van der Waals surface area contributed by atoms with Gasteiger partial charge in [-0.25, -0.2) is 0 Å². The van der Waals surface area contributed by atoms with Crippen molar-refractivity contribution >= 4 is 5.97 Å². The van der Waals surface area contributed by atoms with Crippen LogP contribution in [0.5, 0.6) is 0 Å². The normalized spacial score (nSPS) is 48.8. The third-order valence-electron chi connectivity index (χ3n) is 9.08. The molecule has 0 amide bonds. The van der Waals surface area contributed by atoms with E-state index in [9.17, 15) is 4.79 Å². The number of ether oxygens (including phenoxy) is 1. The van der Waals surface area contributed by atoms with Gasteiger partial charge in [-0.3, -0.25) is 4.79 Å². The van der Waals surface area contributed by atoms with Crippen LogP contribution in [0.1, 0.15) is 85.5 Å². The minimum atomic E-state index is -0.0887. The lowest BCUT2D eigenvalue weighted by molar-refractivity contribution is -0.159. The van der Waals surface area contributed by atoms with E-state index in [-0.39, 0.29) is 17.5 Å². The van der Waals surface area contributed by atoms with E-state index in [1.807, 2.05) is 0 Å². The van der Waals surface area contributed by atoms with E-state index in [0.717, 1.165) is 30.1 Å². The van der Waals surface area contributed by atoms with E-state index < -0.39 is 0 Å². The average Bonchev–Trinajstić information content (AvgIpc) is 2.90. The van der Waals surface area contributed by atoms with Crippen LogP contribution in [0.4, 0.5) is 0 Å². The Bertz CT molecular complexity index is 579. The molecule has 0 aromatic heterocycles. The van der Waals surface area contributed by atoms with Crippen LogP contribution in [0.2, 0.25) is 0 Å². The average molecular weight is 345 g/mol. The SMILES string of the molecule is CCC1=CC[C@@]2(C)[C@@H](CC[C@@H]3[C@H]2CC[C@]2(C)[C@@H](OC(C)=O)CC[C@H]32)C1. The van der Waals surface area contributed by atoms with Crippen molar-refractivity contribution in [3.8, 4) is 0 Å². The summed E-state index contributed by atoms with van der Waals surface area (Å²) in [5.41, 5.74) is 2.45. The van der Waals surface area contributed by atoms with Gasteiger partial charge in [-0.1, -0.05) is 32.4 Å². The minimum Gasteiger partial charge on any atom is -0.462 e. The fourth-order valence-corrected chi connectivity index (χ4v) is 7.59. The molecule has 4 rings (SSSR count). The van der Waals surface area contributed by atoms with Crippen molar-refractivity contribution in [1.82, 2.24) is 0 Å². The van der Waals surface area contributed by atoms with Gasteiger partial charge in [-0.2, -0.15) is 0 Å². The Balaban J connectivity index is 1.58. The standard InChI is InChI=1S/C23H36O2/c1-5-16-10-12-22(3)17(14-16)6-7-18-19-8-9-21(25-15(2)24)23(19,4)13-11-20(18)22/h10,17-21H,5-9,11-14H2,1-4H3/t17-,18-,19+,20+,21-,22-,23-/m0/s1. The molecule has 0 spiro atoms. The number of esters is 1. The molecule has 2 heteroatoms. The Labute approximate surface area is 153 Å². The Morgan fingerprint density at radius 3 is 2.60 bits per heavy atom. The Hall–Kier alpha value is -0.790. The zero-order valence-electron chi connectivity index (χ0n) is 16.6. The number of hydrogen-bond donors (Lipinski definition) is 0. The van der Waals surface area contributed by atoms with Crippen molar-refractivity contribution < 1.29 is 9.53 Å². The van der Waals surface area contributed by atoms with Crippen LogP contribution >= 0.6 is 0 Å². The monoisotopic (exact) mass is 344 g/mol. The molecule has 0 radical (unpaired) electrons. The minimum absolute atomic E-state index is 0.0887. The van der Waals surface area contributed by atoms with E-state index in [4.69, 9.17) is 4.74 Å². The molecule has 0 aromatic carbocycles. The van der Waals surface area contributed by atoms with Gasteiger partial charge in [0.2, 0.25) is 0 Å². The lowest BCUT2D eigenvalue weighted by Crippen LogP contribution is -2.53. The molecule has 0 unspecified atom stereocenters. The molecule has 0 N–H and O–H groups in total. The lowest BCUT2D eigenvalue weighted by atomic mass is 9.45. The molecule has 3 fully saturated rings. The molecule has 0 heterocycles. The Morgan fingerprint density at radius 2 is 1.88 bits per heavy atom. The highest BCUT2D eigenvalue weighted by molar-refractivity contribution is 5.66. The van der Waals surface area contributed by atoms with Crippen molar-refractivity contribution in [2.75, 3.05) is 0 Å². The largest absolute Gasteiger partial charge is 0.462 e. The molecule has 2 nitrogen and oxygen atoms in total. The summed E-state index contributed by atoms with van der Waals surface area (Å²) in [6.45, 7) is 8.94. The number of allylic oxidation sites excluding steroid dienone is 2. The van der Waals surface area contributed by atoms with Gasteiger partial charge < -0.3 is 4.74 Å². The number of rotatable bonds is 2. The maximum absolute atomic E-state index is 11.6. The molecule has 0 saturated heterocycles. The summed E-state index contributed by atoms with van der Waals surface area (Å²) in [6, 6.07) is 0. The van der Waals surface area contributed by atoms with E-state index in [1.54, 1.807) is 12.5 Å². The van der Waals surface area contributed by atoms with Gasteiger partial charge in [-0.05, 0) is 86.9 Å². The second-order valence-electron chi connectivity index (χ2n) is 10.0. The summed E-state index contributed by atoms with van der Waals surface area (Å²) in [7, 11) is 0. The summed E-state index contributed by atoms with van der Waals surface area (Å²) >= 11 is 0. The Morgan fingerprint density at radius 1 is 1.12 bits per heavy atom. The number of fused-ring (bicyclic) bond motifs is 5. The highest BCUT2D eigenvalue weighted by Gasteiger charge is 2.60. The number of carbonyl (C=O) groups is 1. The zero-order chi connectivity index (χ0) is 17.8. The van der Waals surface area contributed by atoms with Gasteiger partial charge in [0.1, 0.15) is 6.10 Å². The predicted octanol–water partition coefficient (Wildman–Crippen LogP) is 5.91. The predicted molar refractivity (Wildman–Crippen MR) is 101 cm³/mol. The van der Waals surface area contributed by atoms with E-state index >= 15 is 0 Å². The first kappa shape index (κ1) is 17.6. The summed E-state index contributed by atoms with van der Waals surface area (Å²) in [4.78, 5) is 11.6. The molecular formula is C23H36O2. The molecule has 7 atom stereocenters. The van der Waals surface area contributed by atoms with Gasteiger partial charge in [0.25, 0.3) is 0 Å². The first-order chi connectivity index (χ1) is 11.9. The quantitative estimate of drug-likeness (QED) is 0.460. The molecule has 3 saturated carbocycles. The number of carbonyl (C=O) groups excluding carboxylic acids is 1. The maximum Gasteiger partial charge on any atom is 0.302 e. The van der Waals surface area contributed by atoms with Gasteiger partial charge in [0.15, 0.2) is 0 Å². The van der Waals surface area contributed by atoms with Crippen molar-refractivity contribution in [3.63, 3.8) is 0 Å². The summed E-state index contributed by atoms with van der Waals surface area (Å²) < 4.78 is 5.78. The number of hydrogen-bond acceptors (Lipinski definition) is 2. The van der Waals surface area contributed by atoms with Crippen LogP contribution in [-0.2, 0) is 9.53 Å². The van der Waals surface area contributed by atoms with Gasteiger partial charge in [0, 0.05) is 12.3 Å². The van der Waals surface area contributed by atoms with Crippen LogP contribution in [0.15, 0.2) is 11.6 Å². The zero-order valence-corrected chi connectivity index (χ0v) is 16.6. The van der Waals surface area contributed by atoms with Gasteiger partial charge in [-0.15, -0.1) is 0 Å². The molecule has 0 bridgehead atoms. The molecule has 25 heavy (non-hydrogen) atoms. The maximum atomic E-state index is 11.6. The topological polar surface area (TPSA) is 26.3 Å². The van der Waals surface area contributed by atoms with Gasteiger partial charge >= 0.3 is 5.97 Å². The molecule has 140 valence electrons. The van der Waals surface area contributed by atoms with Crippen LogP contribution in [-0.4, -0.2) is 12.1 Å². The molecule has 4 aliphatic rings. The smallest absolute Gasteiger partial charge is 0.302 e. The highest BCUT2D eigenvalue weighted by Crippen LogP contribution is 2.66. The lowest BCUT2D eigenvalue weighted by Gasteiger charge is -2.60. The summed E-state index contributed by atoms with van der Waals surface area (Å²) in [6.07, 6.45) is 14.4. The van der Waals surface area contributed by atoms with Crippen LogP contribution in [0.25, 0.3) is 0 Å². The summed E-state index contributed by atoms with van der Waals surface area (Å²) in [5.74, 6) is 3.33.